The van der Waals surface area contributed by atoms with Crippen LogP contribution in [0, 0.1) is 13.8 Å². The summed E-state index contributed by atoms with van der Waals surface area (Å²) in [6, 6.07) is 7.27. The number of aromatic nitrogens is 1. The molecule has 140 valence electrons. The van der Waals surface area contributed by atoms with E-state index in [0.29, 0.717) is 22.6 Å². The number of carbonyl (C=O) groups excluding carboxylic acids is 1. The Labute approximate surface area is 152 Å². The highest BCUT2D eigenvalue weighted by molar-refractivity contribution is 6.05. The fourth-order valence-corrected chi connectivity index (χ4v) is 2.98. The molecule has 0 bridgehead atoms. The third kappa shape index (κ3) is 3.38. The van der Waals surface area contributed by atoms with Crippen LogP contribution >= 0.6 is 0 Å². The van der Waals surface area contributed by atoms with E-state index in [9.17, 15) is 23.1 Å². The van der Waals surface area contributed by atoms with Crippen molar-refractivity contribution in [3.05, 3.63) is 59.0 Å². The predicted octanol–water partition coefficient (Wildman–Crippen LogP) is 4.45. The predicted molar refractivity (Wildman–Crippen MR) is 92.0 cm³/mol. The molecule has 0 fully saturated rings. The maximum atomic E-state index is 13.4. The zero-order valence-corrected chi connectivity index (χ0v) is 14.4. The zero-order chi connectivity index (χ0) is 19.9. The number of hydrogen-bond acceptors (Lipinski definition) is 4. The first-order valence-electron chi connectivity index (χ1n) is 7.87. The number of amides is 1. The molecule has 0 spiro atoms. The van der Waals surface area contributed by atoms with Gasteiger partial charge in [0.05, 0.1) is 11.3 Å². The van der Waals surface area contributed by atoms with Gasteiger partial charge >= 0.3 is 6.18 Å². The second kappa shape index (κ2) is 6.46. The number of primary amides is 1. The largest absolute Gasteiger partial charge is 0.508 e. The lowest BCUT2D eigenvalue weighted by atomic mass is 9.87. The summed E-state index contributed by atoms with van der Waals surface area (Å²) in [4.78, 5) is 12.0. The van der Waals surface area contributed by atoms with Crippen molar-refractivity contribution in [2.75, 3.05) is 0 Å². The Balaban J connectivity index is 2.45. The van der Waals surface area contributed by atoms with E-state index in [-0.39, 0.29) is 22.4 Å². The number of alkyl halides is 3. The molecule has 3 N–H and O–H groups in total. The Kier molecular flexibility index (Phi) is 4.43. The van der Waals surface area contributed by atoms with E-state index in [0.717, 1.165) is 12.1 Å². The molecular formula is C19H15F3N2O3. The van der Waals surface area contributed by atoms with Crippen LogP contribution in [0.5, 0.6) is 5.75 Å². The second-order valence-electron chi connectivity index (χ2n) is 6.05. The summed E-state index contributed by atoms with van der Waals surface area (Å²) in [5.41, 5.74) is 5.64. The molecule has 0 unspecified atom stereocenters. The quantitative estimate of drug-likeness (QED) is 0.707. The van der Waals surface area contributed by atoms with Gasteiger partial charge in [-0.25, -0.2) is 0 Å². The number of phenolic OH excluding ortho intramolecular Hbond substituents is 1. The van der Waals surface area contributed by atoms with Crippen LogP contribution in [0.2, 0.25) is 0 Å². The fraction of sp³-hybridized carbons (Fsp3) is 0.158. The molecule has 0 aliphatic heterocycles. The first-order chi connectivity index (χ1) is 12.6. The number of benzene rings is 2. The maximum absolute atomic E-state index is 13.4. The average Bonchev–Trinajstić information content (AvgIpc) is 2.92. The molecule has 27 heavy (non-hydrogen) atoms. The fourth-order valence-electron chi connectivity index (χ4n) is 2.98. The van der Waals surface area contributed by atoms with Crippen molar-refractivity contribution >= 4 is 5.91 Å². The van der Waals surface area contributed by atoms with Gasteiger partial charge in [0, 0.05) is 16.7 Å². The van der Waals surface area contributed by atoms with Gasteiger partial charge in [-0.3, -0.25) is 4.79 Å². The lowest BCUT2D eigenvalue weighted by Crippen LogP contribution is -2.16. The molecule has 0 saturated heterocycles. The van der Waals surface area contributed by atoms with Crippen molar-refractivity contribution in [1.29, 1.82) is 0 Å². The topological polar surface area (TPSA) is 89.4 Å². The summed E-state index contributed by atoms with van der Waals surface area (Å²) in [5.74, 6) is -0.703. The number of halogens is 3. The summed E-state index contributed by atoms with van der Waals surface area (Å²) in [6.07, 6.45) is -4.67. The van der Waals surface area contributed by atoms with E-state index in [2.05, 4.69) is 5.16 Å². The lowest BCUT2D eigenvalue weighted by molar-refractivity contribution is -0.137. The normalized spacial score (nSPS) is 11.6. The minimum atomic E-state index is -4.67. The smallest absolute Gasteiger partial charge is 0.416 e. The van der Waals surface area contributed by atoms with Gasteiger partial charge in [-0.05, 0) is 49.2 Å². The summed E-state index contributed by atoms with van der Waals surface area (Å²) in [5, 5.41) is 13.3. The number of aromatic hydroxyl groups is 1. The standard InChI is InChI=1S/C19H15F3N2O3/c1-9-16(10(2)27-24-9)17-14(11-3-5-13(25)6-4-11)7-12(19(20,21)22)8-15(17)18(23)26/h3-8,25H,1-2H3,(H2,23,26). The van der Waals surface area contributed by atoms with Crippen molar-refractivity contribution < 1.29 is 27.6 Å². The van der Waals surface area contributed by atoms with Crippen LogP contribution in [0.4, 0.5) is 13.2 Å². The molecule has 3 rings (SSSR count). The van der Waals surface area contributed by atoms with Crippen molar-refractivity contribution in [3.63, 3.8) is 0 Å². The molecule has 0 radical (unpaired) electrons. The first-order valence-corrected chi connectivity index (χ1v) is 7.87. The summed E-state index contributed by atoms with van der Waals surface area (Å²) in [7, 11) is 0. The summed E-state index contributed by atoms with van der Waals surface area (Å²) >= 11 is 0. The number of hydrogen-bond donors (Lipinski definition) is 2. The number of nitrogens with zero attached hydrogens (tertiary/aromatic N) is 1. The maximum Gasteiger partial charge on any atom is 0.416 e. The Morgan fingerprint density at radius 1 is 1.11 bits per heavy atom. The van der Waals surface area contributed by atoms with E-state index in [1.807, 2.05) is 0 Å². The van der Waals surface area contributed by atoms with Crippen LogP contribution in [0.15, 0.2) is 40.9 Å². The summed E-state index contributed by atoms with van der Waals surface area (Å²) in [6.45, 7) is 3.22. The van der Waals surface area contributed by atoms with E-state index in [1.54, 1.807) is 13.8 Å². The van der Waals surface area contributed by atoms with Crippen LogP contribution in [-0.2, 0) is 6.18 Å². The lowest BCUT2D eigenvalue weighted by Gasteiger charge is -2.17. The third-order valence-electron chi connectivity index (χ3n) is 4.19. The van der Waals surface area contributed by atoms with Gasteiger partial charge in [0.15, 0.2) is 0 Å². The van der Waals surface area contributed by atoms with E-state index in [4.69, 9.17) is 10.3 Å². The van der Waals surface area contributed by atoms with Gasteiger partial charge in [-0.2, -0.15) is 13.2 Å². The highest BCUT2D eigenvalue weighted by Gasteiger charge is 2.34. The van der Waals surface area contributed by atoms with Gasteiger partial charge in [0.1, 0.15) is 11.5 Å². The van der Waals surface area contributed by atoms with E-state index >= 15 is 0 Å². The minimum Gasteiger partial charge on any atom is -0.508 e. The number of phenols is 1. The third-order valence-corrected chi connectivity index (χ3v) is 4.19. The Bertz CT molecular complexity index is 1000. The van der Waals surface area contributed by atoms with Crippen LogP contribution in [0.1, 0.15) is 27.4 Å². The van der Waals surface area contributed by atoms with Gasteiger partial charge in [0.25, 0.3) is 0 Å². The first kappa shape index (κ1) is 18.5. The van der Waals surface area contributed by atoms with E-state index in [1.165, 1.54) is 24.3 Å². The molecule has 3 aromatic rings. The molecule has 1 heterocycles. The van der Waals surface area contributed by atoms with Crippen molar-refractivity contribution in [2.24, 2.45) is 5.73 Å². The van der Waals surface area contributed by atoms with E-state index < -0.39 is 17.6 Å². The summed E-state index contributed by atoms with van der Waals surface area (Å²) < 4.78 is 45.3. The number of nitrogens with two attached hydrogens (primary N) is 1. The second-order valence-corrected chi connectivity index (χ2v) is 6.05. The molecule has 0 saturated carbocycles. The molecular weight excluding hydrogens is 361 g/mol. The molecule has 1 aromatic heterocycles. The SMILES string of the molecule is Cc1noc(C)c1-c1c(C(N)=O)cc(C(F)(F)F)cc1-c1ccc(O)cc1. The molecule has 0 atom stereocenters. The highest BCUT2D eigenvalue weighted by atomic mass is 19.4. The number of carbonyl (C=O) groups is 1. The Morgan fingerprint density at radius 2 is 1.74 bits per heavy atom. The average molecular weight is 376 g/mol. The monoisotopic (exact) mass is 376 g/mol. The Morgan fingerprint density at radius 3 is 2.22 bits per heavy atom. The highest BCUT2D eigenvalue weighted by Crippen LogP contribution is 2.42. The number of aryl methyl sites for hydroxylation is 2. The Hall–Kier alpha value is -3.29. The van der Waals surface area contributed by atoms with Crippen molar-refractivity contribution in [3.8, 4) is 28.0 Å². The molecule has 0 aliphatic carbocycles. The van der Waals surface area contributed by atoms with Gasteiger partial charge in [-0.15, -0.1) is 0 Å². The molecule has 5 nitrogen and oxygen atoms in total. The molecule has 8 heteroatoms. The number of rotatable bonds is 3. The van der Waals surface area contributed by atoms with Crippen molar-refractivity contribution in [2.45, 2.75) is 20.0 Å². The van der Waals surface area contributed by atoms with Crippen LogP contribution in [-0.4, -0.2) is 16.2 Å². The molecule has 2 aromatic carbocycles. The van der Waals surface area contributed by atoms with Gasteiger partial charge in [0.2, 0.25) is 5.91 Å². The van der Waals surface area contributed by atoms with Crippen molar-refractivity contribution in [1.82, 2.24) is 5.16 Å². The van der Waals surface area contributed by atoms with Gasteiger partial charge < -0.3 is 15.4 Å². The zero-order valence-electron chi connectivity index (χ0n) is 14.4. The van der Waals surface area contributed by atoms with Crippen LogP contribution < -0.4 is 5.73 Å². The minimum absolute atomic E-state index is 0.0419. The molecule has 0 aliphatic rings. The van der Waals surface area contributed by atoms with Crippen LogP contribution in [0.3, 0.4) is 0 Å². The molecule has 1 amide bonds. The van der Waals surface area contributed by atoms with Crippen LogP contribution in [0.25, 0.3) is 22.3 Å². The van der Waals surface area contributed by atoms with Gasteiger partial charge in [-0.1, -0.05) is 17.3 Å².